The summed E-state index contributed by atoms with van der Waals surface area (Å²) in [7, 11) is 4.00. The van der Waals surface area contributed by atoms with Gasteiger partial charge in [0.1, 0.15) is 5.75 Å². The first-order valence-electron chi connectivity index (χ1n) is 6.95. The molecule has 1 aromatic carbocycles. The fourth-order valence-corrected chi connectivity index (χ4v) is 3.61. The first kappa shape index (κ1) is 17.0. The normalized spacial score (nSPS) is 21.7. The van der Waals surface area contributed by atoms with Crippen molar-refractivity contribution in [1.29, 1.82) is 0 Å². The molecule has 4 nitrogen and oxygen atoms in total. The number of likely N-dealkylation sites (N-methyl/N-ethyl adjacent to an activating group) is 1. The summed E-state index contributed by atoms with van der Waals surface area (Å²) < 4.78 is 28.9. The zero-order valence-corrected chi connectivity index (χ0v) is 13.6. The molecule has 0 aromatic heterocycles. The number of halogens is 2. The number of benzene rings is 1. The van der Waals surface area contributed by atoms with Gasteiger partial charge in [0.2, 0.25) is 0 Å². The van der Waals surface area contributed by atoms with Gasteiger partial charge in [-0.05, 0) is 38.6 Å². The van der Waals surface area contributed by atoms with Crippen LogP contribution in [0.4, 0.5) is 8.78 Å². The van der Waals surface area contributed by atoms with E-state index < -0.39 is 6.61 Å². The minimum absolute atomic E-state index is 0.00521. The molecule has 0 unspecified atom stereocenters. The standard InChI is InChI=1S/C15H20F2N2O2S/c1-18(2)12-8-19(9-13(12)22-3)14(20)10-5-4-6-11(7-10)21-15(16)17/h4-7,12-13,15H,8-9H2,1-3H3/t12-,13-/m0/s1. The maximum atomic E-state index is 12.6. The molecular weight excluding hydrogens is 310 g/mol. The number of hydrogen-bond acceptors (Lipinski definition) is 4. The summed E-state index contributed by atoms with van der Waals surface area (Å²) >= 11 is 1.74. The fraction of sp³-hybridized carbons (Fsp3) is 0.533. The van der Waals surface area contributed by atoms with E-state index in [0.29, 0.717) is 29.9 Å². The third kappa shape index (κ3) is 3.89. The van der Waals surface area contributed by atoms with Crippen molar-refractivity contribution in [1.82, 2.24) is 9.80 Å². The molecule has 1 heterocycles. The molecule has 1 saturated heterocycles. The second-order valence-corrected chi connectivity index (χ2v) is 6.50. The van der Waals surface area contributed by atoms with Crippen LogP contribution in [0.1, 0.15) is 10.4 Å². The van der Waals surface area contributed by atoms with Crippen molar-refractivity contribution in [3.63, 3.8) is 0 Å². The van der Waals surface area contributed by atoms with Gasteiger partial charge in [0, 0.05) is 29.9 Å². The van der Waals surface area contributed by atoms with Crippen LogP contribution in [0, 0.1) is 0 Å². The Bertz CT molecular complexity index is 528. The minimum Gasteiger partial charge on any atom is -0.435 e. The van der Waals surface area contributed by atoms with E-state index in [1.807, 2.05) is 20.4 Å². The van der Waals surface area contributed by atoms with Crippen LogP contribution in [0.3, 0.4) is 0 Å². The summed E-state index contributed by atoms with van der Waals surface area (Å²) in [5.41, 5.74) is 0.373. The summed E-state index contributed by atoms with van der Waals surface area (Å²) in [5, 5.41) is 0.347. The van der Waals surface area contributed by atoms with Gasteiger partial charge in [-0.15, -0.1) is 0 Å². The molecule has 0 bridgehead atoms. The number of carbonyl (C=O) groups excluding carboxylic acids is 1. The molecule has 0 N–H and O–H groups in total. The second kappa shape index (κ2) is 7.28. The summed E-state index contributed by atoms with van der Waals surface area (Å²) in [6.45, 7) is -1.60. The van der Waals surface area contributed by atoms with Crippen LogP contribution in [0.2, 0.25) is 0 Å². The molecule has 2 rings (SSSR count). The molecule has 122 valence electrons. The van der Waals surface area contributed by atoms with Gasteiger partial charge in [-0.25, -0.2) is 0 Å². The maximum absolute atomic E-state index is 12.6. The van der Waals surface area contributed by atoms with Gasteiger partial charge in [-0.1, -0.05) is 6.07 Å². The predicted molar refractivity (Wildman–Crippen MR) is 83.8 cm³/mol. The number of carbonyl (C=O) groups is 1. The third-order valence-corrected chi connectivity index (χ3v) is 4.87. The molecule has 22 heavy (non-hydrogen) atoms. The van der Waals surface area contributed by atoms with E-state index in [1.54, 1.807) is 28.8 Å². The number of likely N-dealkylation sites (tertiary alicyclic amines) is 1. The van der Waals surface area contributed by atoms with E-state index in [-0.39, 0.29) is 11.7 Å². The number of rotatable bonds is 5. The minimum atomic E-state index is -2.89. The van der Waals surface area contributed by atoms with Gasteiger partial charge in [-0.3, -0.25) is 4.79 Å². The third-order valence-electron chi connectivity index (χ3n) is 3.80. The molecule has 1 aliphatic rings. The molecule has 1 aromatic rings. The topological polar surface area (TPSA) is 32.8 Å². The number of ether oxygens (including phenoxy) is 1. The first-order chi connectivity index (χ1) is 10.4. The van der Waals surface area contributed by atoms with Crippen LogP contribution in [0.15, 0.2) is 24.3 Å². The number of thioether (sulfide) groups is 1. The van der Waals surface area contributed by atoms with Gasteiger partial charge in [0.05, 0.1) is 0 Å². The van der Waals surface area contributed by atoms with Crippen LogP contribution in [0.25, 0.3) is 0 Å². The van der Waals surface area contributed by atoms with E-state index >= 15 is 0 Å². The molecule has 0 radical (unpaired) electrons. The van der Waals surface area contributed by atoms with Crippen molar-refractivity contribution < 1.29 is 18.3 Å². The van der Waals surface area contributed by atoms with E-state index in [9.17, 15) is 13.6 Å². The van der Waals surface area contributed by atoms with Crippen molar-refractivity contribution in [2.75, 3.05) is 33.4 Å². The van der Waals surface area contributed by atoms with Crippen LogP contribution >= 0.6 is 11.8 Å². The first-order valence-corrected chi connectivity index (χ1v) is 8.24. The monoisotopic (exact) mass is 330 g/mol. The Morgan fingerprint density at radius 1 is 1.41 bits per heavy atom. The Kier molecular flexibility index (Phi) is 5.63. The Morgan fingerprint density at radius 3 is 2.68 bits per heavy atom. The van der Waals surface area contributed by atoms with Crippen LogP contribution in [-0.4, -0.2) is 67.1 Å². The van der Waals surface area contributed by atoms with Crippen molar-refractivity contribution in [3.05, 3.63) is 29.8 Å². The highest BCUT2D eigenvalue weighted by Crippen LogP contribution is 2.26. The molecule has 1 aliphatic heterocycles. The van der Waals surface area contributed by atoms with E-state index in [4.69, 9.17) is 0 Å². The van der Waals surface area contributed by atoms with Crippen LogP contribution < -0.4 is 4.74 Å². The second-order valence-electron chi connectivity index (χ2n) is 5.42. The average molecular weight is 330 g/mol. The van der Waals surface area contributed by atoms with Gasteiger partial charge in [0.15, 0.2) is 0 Å². The molecule has 0 spiro atoms. The lowest BCUT2D eigenvalue weighted by molar-refractivity contribution is -0.0499. The van der Waals surface area contributed by atoms with Gasteiger partial charge in [0.25, 0.3) is 5.91 Å². The van der Waals surface area contributed by atoms with E-state index in [2.05, 4.69) is 9.64 Å². The lowest BCUT2D eigenvalue weighted by Crippen LogP contribution is -2.37. The Morgan fingerprint density at radius 2 is 2.14 bits per heavy atom. The Labute approximate surface area is 133 Å². The van der Waals surface area contributed by atoms with Crippen molar-refractivity contribution in [2.24, 2.45) is 0 Å². The average Bonchev–Trinajstić information content (AvgIpc) is 2.90. The molecule has 7 heteroatoms. The molecule has 1 fully saturated rings. The van der Waals surface area contributed by atoms with E-state index in [1.165, 1.54) is 12.1 Å². The van der Waals surface area contributed by atoms with Crippen molar-refractivity contribution in [3.8, 4) is 5.75 Å². The van der Waals surface area contributed by atoms with Gasteiger partial charge < -0.3 is 14.5 Å². The van der Waals surface area contributed by atoms with Gasteiger partial charge in [-0.2, -0.15) is 20.5 Å². The summed E-state index contributed by atoms with van der Waals surface area (Å²) in [5.74, 6) is -0.145. The zero-order chi connectivity index (χ0) is 16.3. The highest BCUT2D eigenvalue weighted by Gasteiger charge is 2.36. The lowest BCUT2D eigenvalue weighted by atomic mass is 10.2. The molecular formula is C15H20F2N2O2S. The van der Waals surface area contributed by atoms with Crippen LogP contribution in [-0.2, 0) is 0 Å². The van der Waals surface area contributed by atoms with Gasteiger partial charge >= 0.3 is 6.61 Å². The lowest BCUT2D eigenvalue weighted by Gasteiger charge is -2.23. The van der Waals surface area contributed by atoms with Crippen molar-refractivity contribution >= 4 is 17.7 Å². The maximum Gasteiger partial charge on any atom is 0.387 e. The predicted octanol–water partition coefficient (Wildman–Crippen LogP) is 2.41. The molecule has 0 aliphatic carbocycles. The zero-order valence-electron chi connectivity index (χ0n) is 12.8. The van der Waals surface area contributed by atoms with Crippen molar-refractivity contribution in [2.45, 2.75) is 17.9 Å². The Hall–Kier alpha value is -1.34. The Balaban J connectivity index is 2.12. The number of nitrogens with zero attached hydrogens (tertiary/aromatic N) is 2. The summed E-state index contributed by atoms with van der Waals surface area (Å²) in [4.78, 5) is 16.5. The van der Waals surface area contributed by atoms with Crippen LogP contribution in [0.5, 0.6) is 5.75 Å². The highest BCUT2D eigenvalue weighted by atomic mass is 32.2. The summed E-state index contributed by atoms with van der Waals surface area (Å²) in [6.07, 6.45) is 2.03. The number of hydrogen-bond donors (Lipinski definition) is 0. The quantitative estimate of drug-likeness (QED) is 0.830. The molecule has 0 saturated carbocycles. The smallest absolute Gasteiger partial charge is 0.387 e. The molecule has 1 amide bonds. The largest absolute Gasteiger partial charge is 0.435 e. The fourth-order valence-electron chi connectivity index (χ4n) is 2.64. The highest BCUT2D eigenvalue weighted by molar-refractivity contribution is 7.99. The number of alkyl halides is 2. The molecule has 2 atom stereocenters. The number of amides is 1. The summed E-state index contributed by atoms with van der Waals surface area (Å²) in [6, 6.07) is 6.25. The van der Waals surface area contributed by atoms with E-state index in [0.717, 1.165) is 0 Å². The SMILES string of the molecule is CS[C@H]1CN(C(=O)c2cccc(OC(F)F)c2)C[C@@H]1N(C)C.